The van der Waals surface area contributed by atoms with Crippen LogP contribution < -0.4 is 0 Å². The fourth-order valence-corrected chi connectivity index (χ4v) is 2.71. The van der Waals surface area contributed by atoms with Gasteiger partial charge in [0, 0.05) is 18.2 Å². The smallest absolute Gasteiger partial charge is 0.273 e. The van der Waals surface area contributed by atoms with E-state index in [4.69, 9.17) is 4.42 Å². The number of hydrogen-bond acceptors (Lipinski definition) is 5. The van der Waals surface area contributed by atoms with Crippen molar-refractivity contribution >= 4 is 17.7 Å². The molecule has 7 nitrogen and oxygen atoms in total. The Morgan fingerprint density at radius 1 is 1.25 bits per heavy atom. The van der Waals surface area contributed by atoms with Gasteiger partial charge in [0.2, 0.25) is 0 Å². The number of amides is 1. The average molecular weight is 387 g/mol. The van der Waals surface area contributed by atoms with Crippen LogP contribution in [-0.4, -0.2) is 50.5 Å². The third-order valence-electron chi connectivity index (χ3n) is 3.91. The summed E-state index contributed by atoms with van der Waals surface area (Å²) in [5, 5.41) is 11.6. The lowest BCUT2D eigenvalue weighted by molar-refractivity contribution is -0.127. The lowest BCUT2D eigenvalue weighted by Crippen LogP contribution is -2.37. The number of benzene rings is 1. The highest BCUT2D eigenvalue weighted by Crippen LogP contribution is 2.22. The van der Waals surface area contributed by atoms with Crippen LogP contribution in [0.5, 0.6) is 0 Å². The molecule has 3 rings (SSSR count). The summed E-state index contributed by atoms with van der Waals surface area (Å²) in [6.07, 6.45) is 0.782. The molecule has 9 heteroatoms. The second-order valence-electron chi connectivity index (χ2n) is 5.97. The number of nitrogens with zero attached hydrogens (tertiary/aromatic N) is 5. The fourth-order valence-electron chi connectivity index (χ4n) is 2.71. The normalized spacial score (nSPS) is 11.8. The van der Waals surface area contributed by atoms with Crippen LogP contribution in [0.2, 0.25) is 0 Å². The Morgan fingerprint density at radius 3 is 2.68 bits per heavy atom. The predicted octanol–water partition coefficient (Wildman–Crippen LogP) is 3.43. The van der Waals surface area contributed by atoms with Gasteiger partial charge in [0.05, 0.1) is 12.8 Å². The number of alkyl halides is 2. The minimum absolute atomic E-state index is 0.0212. The minimum Gasteiger partial charge on any atom is -0.465 e. The van der Waals surface area contributed by atoms with Crippen molar-refractivity contribution in [2.24, 2.45) is 0 Å². The van der Waals surface area contributed by atoms with E-state index in [0.717, 1.165) is 4.90 Å². The van der Waals surface area contributed by atoms with Crippen molar-refractivity contribution in [3.05, 3.63) is 54.5 Å². The summed E-state index contributed by atoms with van der Waals surface area (Å²) in [4.78, 5) is 14.2. The summed E-state index contributed by atoms with van der Waals surface area (Å²) < 4.78 is 32.6. The van der Waals surface area contributed by atoms with Crippen LogP contribution in [0.25, 0.3) is 23.2 Å². The van der Waals surface area contributed by atoms with Crippen LogP contribution in [0.15, 0.2) is 53.1 Å². The second kappa shape index (κ2) is 9.03. The van der Waals surface area contributed by atoms with Crippen LogP contribution in [0.1, 0.15) is 19.1 Å². The summed E-state index contributed by atoms with van der Waals surface area (Å²) in [6.45, 7) is 1.32. The van der Waals surface area contributed by atoms with Gasteiger partial charge in [-0.25, -0.2) is 8.78 Å². The molecular formula is C19H19F2N5O2. The first-order valence-corrected chi connectivity index (χ1v) is 8.77. The zero-order chi connectivity index (χ0) is 19.9. The van der Waals surface area contributed by atoms with Crippen LogP contribution >= 0.6 is 0 Å². The molecule has 146 valence electrons. The maximum absolute atomic E-state index is 13.1. The number of aromatic nitrogens is 4. The van der Waals surface area contributed by atoms with Gasteiger partial charge in [0.1, 0.15) is 11.5 Å². The van der Waals surface area contributed by atoms with E-state index < -0.39 is 18.9 Å². The highest BCUT2D eigenvalue weighted by Gasteiger charge is 2.26. The zero-order valence-electron chi connectivity index (χ0n) is 15.2. The summed E-state index contributed by atoms with van der Waals surface area (Å²) in [5.74, 6) is 0.0923. The van der Waals surface area contributed by atoms with E-state index in [1.54, 1.807) is 24.3 Å². The zero-order valence-corrected chi connectivity index (χ0v) is 15.2. The molecule has 0 atom stereocenters. The molecule has 1 amide bonds. The van der Waals surface area contributed by atoms with Gasteiger partial charge in [0.15, 0.2) is 5.82 Å². The Balaban J connectivity index is 2.07. The van der Waals surface area contributed by atoms with Crippen LogP contribution in [0.4, 0.5) is 8.78 Å². The number of furan rings is 1. The van der Waals surface area contributed by atoms with Crippen molar-refractivity contribution in [3.8, 4) is 11.4 Å². The van der Waals surface area contributed by atoms with Gasteiger partial charge in [-0.1, -0.05) is 37.3 Å². The number of halogens is 2. The van der Waals surface area contributed by atoms with Crippen molar-refractivity contribution in [1.29, 1.82) is 0 Å². The molecule has 1 aromatic carbocycles. The maximum atomic E-state index is 13.1. The molecule has 0 radical (unpaired) electrons. The standard InChI is InChI=1S/C19H19F2N5O2/c1-2-10-25(13-17(20)21)19(27)16(12-15-9-6-11-28-15)26-18(22-23-24-26)14-7-4-3-5-8-14/h3-9,11-12,17H,2,10,13H2,1H3/b16-12+. The van der Waals surface area contributed by atoms with Gasteiger partial charge >= 0.3 is 0 Å². The van der Waals surface area contributed by atoms with Crippen molar-refractivity contribution < 1.29 is 18.0 Å². The van der Waals surface area contributed by atoms with Gasteiger partial charge in [-0.3, -0.25) is 4.79 Å². The first-order valence-electron chi connectivity index (χ1n) is 8.77. The Morgan fingerprint density at radius 2 is 2.04 bits per heavy atom. The molecule has 28 heavy (non-hydrogen) atoms. The fraction of sp³-hybridized carbons (Fsp3) is 0.263. The number of hydrogen-bond donors (Lipinski definition) is 0. The topological polar surface area (TPSA) is 77.0 Å². The van der Waals surface area contributed by atoms with Crippen molar-refractivity contribution in [2.45, 2.75) is 19.8 Å². The highest BCUT2D eigenvalue weighted by molar-refractivity contribution is 6.18. The molecule has 0 aliphatic carbocycles. The third kappa shape index (κ3) is 4.48. The van der Waals surface area contributed by atoms with Crippen molar-refractivity contribution in [2.75, 3.05) is 13.1 Å². The summed E-state index contributed by atoms with van der Waals surface area (Å²) >= 11 is 0. The van der Waals surface area contributed by atoms with Gasteiger partial charge in [-0.15, -0.1) is 5.10 Å². The molecule has 3 aromatic rings. The number of carbonyl (C=O) groups excluding carboxylic acids is 1. The largest absolute Gasteiger partial charge is 0.465 e. The number of carbonyl (C=O) groups is 1. The van der Waals surface area contributed by atoms with Crippen LogP contribution in [-0.2, 0) is 4.79 Å². The van der Waals surface area contributed by atoms with Gasteiger partial charge < -0.3 is 9.32 Å². The van der Waals surface area contributed by atoms with Crippen LogP contribution in [0.3, 0.4) is 0 Å². The molecule has 0 saturated heterocycles. The van der Waals surface area contributed by atoms with E-state index in [0.29, 0.717) is 23.6 Å². The number of rotatable bonds is 8. The van der Waals surface area contributed by atoms with Gasteiger partial charge in [-0.2, -0.15) is 4.68 Å². The summed E-state index contributed by atoms with van der Waals surface area (Å²) in [5.41, 5.74) is 0.703. The van der Waals surface area contributed by atoms with Crippen molar-refractivity contribution in [1.82, 2.24) is 25.1 Å². The predicted molar refractivity (Wildman–Crippen MR) is 99.0 cm³/mol. The molecule has 0 unspecified atom stereocenters. The minimum atomic E-state index is -2.65. The quantitative estimate of drug-likeness (QED) is 0.554. The summed E-state index contributed by atoms with van der Waals surface area (Å²) in [6, 6.07) is 12.4. The SMILES string of the molecule is CCCN(CC(F)F)C(=O)/C(=C\c1ccco1)n1nnnc1-c1ccccc1. The molecule has 0 saturated carbocycles. The van der Waals surface area contributed by atoms with Gasteiger partial charge in [0.25, 0.3) is 12.3 Å². The monoisotopic (exact) mass is 387 g/mol. The first-order chi connectivity index (χ1) is 13.6. The Bertz CT molecular complexity index is 923. The first kappa shape index (κ1) is 19.4. The van der Waals surface area contributed by atoms with E-state index in [2.05, 4.69) is 15.5 Å². The second-order valence-corrected chi connectivity index (χ2v) is 5.97. The van der Waals surface area contributed by atoms with E-state index in [-0.39, 0.29) is 12.2 Å². The Kier molecular flexibility index (Phi) is 6.25. The molecule has 2 aromatic heterocycles. The molecule has 2 heterocycles. The lowest BCUT2D eigenvalue weighted by atomic mass is 10.2. The molecule has 0 bridgehead atoms. The van der Waals surface area contributed by atoms with Crippen LogP contribution in [0, 0.1) is 0 Å². The lowest BCUT2D eigenvalue weighted by Gasteiger charge is -2.23. The summed E-state index contributed by atoms with van der Waals surface area (Å²) in [7, 11) is 0. The Hall–Kier alpha value is -3.36. The van der Waals surface area contributed by atoms with Gasteiger partial charge in [-0.05, 0) is 29.0 Å². The maximum Gasteiger partial charge on any atom is 0.273 e. The van der Waals surface area contributed by atoms with Crippen molar-refractivity contribution in [3.63, 3.8) is 0 Å². The molecule has 0 spiro atoms. The van der Waals surface area contributed by atoms with E-state index in [1.807, 2.05) is 25.1 Å². The van der Waals surface area contributed by atoms with E-state index in [1.165, 1.54) is 17.0 Å². The molecular weight excluding hydrogens is 368 g/mol. The molecule has 0 N–H and O–H groups in total. The number of tetrazole rings is 1. The van der Waals surface area contributed by atoms with E-state index >= 15 is 0 Å². The molecule has 0 aliphatic rings. The molecule has 0 aliphatic heterocycles. The average Bonchev–Trinajstić information content (AvgIpc) is 3.37. The molecule has 0 fully saturated rings. The highest BCUT2D eigenvalue weighted by atomic mass is 19.3. The van der Waals surface area contributed by atoms with E-state index in [9.17, 15) is 13.6 Å². The Labute approximate surface area is 160 Å². The third-order valence-corrected chi connectivity index (χ3v) is 3.91.